The van der Waals surface area contributed by atoms with E-state index in [9.17, 15) is 4.79 Å². The Hall–Kier alpha value is -0.570. The molecule has 0 aromatic rings. The molecule has 1 fully saturated rings. The molecule has 0 spiro atoms. The Morgan fingerprint density at radius 3 is 2.47 bits per heavy atom. The molecule has 3 N–H and O–H groups in total. The van der Waals surface area contributed by atoms with Crippen molar-refractivity contribution in [2.45, 2.75) is 46.1 Å². The minimum absolute atomic E-state index is 0.0104. The van der Waals surface area contributed by atoms with Gasteiger partial charge in [0.05, 0.1) is 6.04 Å². The van der Waals surface area contributed by atoms with Crippen LogP contribution in [-0.2, 0) is 4.79 Å². The minimum Gasteiger partial charge on any atom is -0.354 e. The zero-order valence-electron chi connectivity index (χ0n) is 10.1. The number of nitrogens with two attached hydrogens (primary N) is 1. The van der Waals surface area contributed by atoms with E-state index in [4.69, 9.17) is 5.73 Å². The molecule has 1 rings (SSSR count). The summed E-state index contributed by atoms with van der Waals surface area (Å²) >= 11 is 0. The summed E-state index contributed by atoms with van der Waals surface area (Å²) in [5, 5.41) is 2.94. The van der Waals surface area contributed by atoms with Gasteiger partial charge in [-0.15, -0.1) is 0 Å². The van der Waals surface area contributed by atoms with Crippen molar-refractivity contribution in [1.29, 1.82) is 0 Å². The van der Waals surface area contributed by atoms with Crippen molar-refractivity contribution in [3.63, 3.8) is 0 Å². The van der Waals surface area contributed by atoms with Gasteiger partial charge in [-0.25, -0.2) is 0 Å². The Morgan fingerprint density at radius 2 is 2.00 bits per heavy atom. The molecule has 0 heterocycles. The summed E-state index contributed by atoms with van der Waals surface area (Å²) in [6, 6.07) is -0.337. The van der Waals surface area contributed by atoms with Crippen molar-refractivity contribution in [2.24, 2.45) is 23.5 Å². The Labute approximate surface area is 92.8 Å². The van der Waals surface area contributed by atoms with Gasteiger partial charge in [-0.1, -0.05) is 20.8 Å². The van der Waals surface area contributed by atoms with Crippen LogP contribution in [0.15, 0.2) is 0 Å². The van der Waals surface area contributed by atoms with Gasteiger partial charge in [0.2, 0.25) is 5.91 Å². The second kappa shape index (κ2) is 5.50. The van der Waals surface area contributed by atoms with Gasteiger partial charge in [-0.3, -0.25) is 4.79 Å². The molecular formula is C12H24N2O. The Bertz CT molecular complexity index is 212. The van der Waals surface area contributed by atoms with E-state index in [0.717, 1.165) is 18.9 Å². The molecule has 2 atom stereocenters. The van der Waals surface area contributed by atoms with E-state index in [1.807, 2.05) is 0 Å². The fraction of sp³-hybridized carbons (Fsp3) is 0.917. The van der Waals surface area contributed by atoms with Crippen molar-refractivity contribution in [3.05, 3.63) is 0 Å². The van der Waals surface area contributed by atoms with Gasteiger partial charge in [0.1, 0.15) is 0 Å². The second-order valence-electron chi connectivity index (χ2n) is 5.30. The zero-order chi connectivity index (χ0) is 11.4. The van der Waals surface area contributed by atoms with Gasteiger partial charge in [0, 0.05) is 6.54 Å². The lowest BCUT2D eigenvalue weighted by Crippen LogP contribution is -2.43. The lowest BCUT2D eigenvalue weighted by atomic mass is 10.0. The Balaban J connectivity index is 2.16. The van der Waals surface area contributed by atoms with E-state index in [1.165, 1.54) is 12.8 Å². The SMILES string of the molecule is CC(C)C[C@H](N)C(=O)NCC(C)C1CC1. The van der Waals surface area contributed by atoms with Crippen LogP contribution in [0.5, 0.6) is 0 Å². The number of carbonyl (C=O) groups is 1. The zero-order valence-corrected chi connectivity index (χ0v) is 10.1. The topological polar surface area (TPSA) is 55.1 Å². The number of amides is 1. The molecule has 0 aromatic carbocycles. The third-order valence-corrected chi connectivity index (χ3v) is 3.09. The highest BCUT2D eigenvalue weighted by atomic mass is 16.2. The standard InChI is InChI=1S/C12H24N2O/c1-8(2)6-11(13)12(15)14-7-9(3)10-4-5-10/h8-11H,4-7,13H2,1-3H3,(H,14,15)/t9?,11-/m0/s1. The van der Waals surface area contributed by atoms with Crippen LogP contribution in [0.3, 0.4) is 0 Å². The van der Waals surface area contributed by atoms with E-state index in [0.29, 0.717) is 11.8 Å². The minimum atomic E-state index is -0.337. The molecule has 3 heteroatoms. The molecule has 1 amide bonds. The molecule has 3 nitrogen and oxygen atoms in total. The highest BCUT2D eigenvalue weighted by molar-refractivity contribution is 5.81. The first-order valence-corrected chi connectivity index (χ1v) is 6.04. The van der Waals surface area contributed by atoms with Crippen LogP contribution in [-0.4, -0.2) is 18.5 Å². The molecule has 15 heavy (non-hydrogen) atoms. The normalized spacial score (nSPS) is 20.1. The molecule has 1 aliphatic carbocycles. The maximum Gasteiger partial charge on any atom is 0.236 e. The summed E-state index contributed by atoms with van der Waals surface area (Å²) in [6.07, 6.45) is 3.42. The van der Waals surface area contributed by atoms with E-state index in [-0.39, 0.29) is 11.9 Å². The van der Waals surface area contributed by atoms with Crippen molar-refractivity contribution < 1.29 is 4.79 Å². The summed E-state index contributed by atoms with van der Waals surface area (Å²) in [4.78, 5) is 11.6. The summed E-state index contributed by atoms with van der Waals surface area (Å²) in [5.74, 6) is 1.94. The van der Waals surface area contributed by atoms with Crippen LogP contribution in [0.2, 0.25) is 0 Å². The van der Waals surface area contributed by atoms with Gasteiger partial charge in [-0.05, 0) is 37.0 Å². The largest absolute Gasteiger partial charge is 0.354 e. The van der Waals surface area contributed by atoms with Crippen LogP contribution in [0.25, 0.3) is 0 Å². The second-order valence-corrected chi connectivity index (χ2v) is 5.30. The van der Waals surface area contributed by atoms with Gasteiger partial charge in [0.15, 0.2) is 0 Å². The predicted octanol–water partition coefficient (Wildman–Crippen LogP) is 1.52. The van der Waals surface area contributed by atoms with E-state index >= 15 is 0 Å². The lowest BCUT2D eigenvalue weighted by molar-refractivity contribution is -0.122. The molecule has 0 bridgehead atoms. The molecule has 0 saturated heterocycles. The first kappa shape index (κ1) is 12.5. The van der Waals surface area contributed by atoms with Gasteiger partial charge in [0.25, 0.3) is 0 Å². The molecule has 1 unspecified atom stereocenters. The maximum atomic E-state index is 11.6. The van der Waals surface area contributed by atoms with Crippen LogP contribution < -0.4 is 11.1 Å². The quantitative estimate of drug-likeness (QED) is 0.701. The summed E-state index contributed by atoms with van der Waals surface area (Å²) in [7, 11) is 0. The van der Waals surface area contributed by atoms with Crippen LogP contribution in [0.1, 0.15) is 40.0 Å². The van der Waals surface area contributed by atoms with Crippen molar-refractivity contribution in [2.75, 3.05) is 6.54 Å². The number of hydrogen-bond donors (Lipinski definition) is 2. The molecule has 0 aliphatic heterocycles. The first-order chi connectivity index (χ1) is 7.00. The Kier molecular flexibility index (Phi) is 4.58. The molecule has 0 radical (unpaired) electrons. The van der Waals surface area contributed by atoms with Crippen LogP contribution in [0.4, 0.5) is 0 Å². The predicted molar refractivity (Wildman–Crippen MR) is 62.3 cm³/mol. The summed E-state index contributed by atoms with van der Waals surface area (Å²) in [6.45, 7) is 7.15. The van der Waals surface area contributed by atoms with Crippen molar-refractivity contribution >= 4 is 5.91 Å². The van der Waals surface area contributed by atoms with E-state index < -0.39 is 0 Å². The monoisotopic (exact) mass is 212 g/mol. The third-order valence-electron chi connectivity index (χ3n) is 3.09. The number of rotatable bonds is 6. The lowest BCUT2D eigenvalue weighted by Gasteiger charge is -2.16. The van der Waals surface area contributed by atoms with Gasteiger partial charge < -0.3 is 11.1 Å². The molecule has 88 valence electrons. The van der Waals surface area contributed by atoms with Crippen molar-refractivity contribution in [3.8, 4) is 0 Å². The molecular weight excluding hydrogens is 188 g/mol. The summed E-state index contributed by atoms with van der Waals surface area (Å²) in [5.41, 5.74) is 5.78. The molecule has 0 aromatic heterocycles. The van der Waals surface area contributed by atoms with Crippen LogP contribution in [0, 0.1) is 17.8 Å². The molecule has 1 saturated carbocycles. The average Bonchev–Trinajstić information content (AvgIpc) is 2.95. The van der Waals surface area contributed by atoms with Gasteiger partial charge in [-0.2, -0.15) is 0 Å². The molecule has 1 aliphatic rings. The fourth-order valence-corrected chi connectivity index (χ4v) is 1.84. The van der Waals surface area contributed by atoms with Gasteiger partial charge >= 0.3 is 0 Å². The fourth-order valence-electron chi connectivity index (χ4n) is 1.84. The maximum absolute atomic E-state index is 11.6. The average molecular weight is 212 g/mol. The number of nitrogens with one attached hydrogen (secondary N) is 1. The third kappa shape index (κ3) is 4.65. The highest BCUT2D eigenvalue weighted by Gasteiger charge is 2.28. The number of hydrogen-bond acceptors (Lipinski definition) is 2. The number of carbonyl (C=O) groups excluding carboxylic acids is 1. The van der Waals surface area contributed by atoms with Crippen LogP contribution >= 0.6 is 0 Å². The van der Waals surface area contributed by atoms with E-state index in [2.05, 4.69) is 26.1 Å². The first-order valence-electron chi connectivity index (χ1n) is 6.04. The smallest absolute Gasteiger partial charge is 0.236 e. The highest BCUT2D eigenvalue weighted by Crippen LogP contribution is 2.36. The summed E-state index contributed by atoms with van der Waals surface area (Å²) < 4.78 is 0. The Morgan fingerprint density at radius 1 is 1.40 bits per heavy atom. The van der Waals surface area contributed by atoms with E-state index in [1.54, 1.807) is 0 Å². The van der Waals surface area contributed by atoms with Crippen molar-refractivity contribution in [1.82, 2.24) is 5.32 Å².